The van der Waals surface area contributed by atoms with Crippen molar-refractivity contribution >= 4 is 16.9 Å². The van der Waals surface area contributed by atoms with Crippen molar-refractivity contribution in [2.45, 2.75) is 53.1 Å². The summed E-state index contributed by atoms with van der Waals surface area (Å²) >= 11 is 0. The van der Waals surface area contributed by atoms with Crippen LogP contribution in [-0.2, 0) is 14.9 Å². The number of benzene rings is 2. The first-order valence-corrected chi connectivity index (χ1v) is 10.7. The Morgan fingerprint density at radius 3 is 2.28 bits per heavy atom. The molecule has 170 valence electrons. The molecular weight excluding hydrogens is 408 g/mol. The van der Waals surface area contributed by atoms with Crippen LogP contribution in [0.3, 0.4) is 0 Å². The van der Waals surface area contributed by atoms with E-state index in [1.54, 1.807) is 25.1 Å². The van der Waals surface area contributed by atoms with E-state index in [1.165, 1.54) is 11.8 Å². The molecule has 0 saturated carbocycles. The van der Waals surface area contributed by atoms with Gasteiger partial charge in [0.05, 0.1) is 12.0 Å². The largest absolute Gasteiger partial charge is 0.479 e. The van der Waals surface area contributed by atoms with Gasteiger partial charge in [0, 0.05) is 6.07 Å². The average molecular weight is 439 g/mol. The first-order valence-electron chi connectivity index (χ1n) is 10.7. The van der Waals surface area contributed by atoms with Crippen LogP contribution in [0, 0.1) is 5.92 Å². The highest BCUT2D eigenvalue weighted by Gasteiger charge is 2.18. The van der Waals surface area contributed by atoms with E-state index in [0.29, 0.717) is 29.1 Å². The second-order valence-electron chi connectivity index (χ2n) is 9.25. The molecule has 1 heterocycles. The van der Waals surface area contributed by atoms with Gasteiger partial charge in [-0.15, -0.1) is 0 Å². The molecule has 0 fully saturated rings. The van der Waals surface area contributed by atoms with Crippen molar-refractivity contribution in [1.82, 2.24) is 0 Å². The highest BCUT2D eigenvalue weighted by atomic mass is 16.6. The summed E-state index contributed by atoms with van der Waals surface area (Å²) in [6, 6.07) is 12.4. The summed E-state index contributed by atoms with van der Waals surface area (Å²) in [7, 11) is 0. The van der Waals surface area contributed by atoms with E-state index in [0.717, 1.165) is 0 Å². The van der Waals surface area contributed by atoms with Gasteiger partial charge < -0.3 is 18.6 Å². The van der Waals surface area contributed by atoms with Gasteiger partial charge in [0.2, 0.25) is 11.2 Å². The highest BCUT2D eigenvalue weighted by molar-refractivity contribution is 5.79. The molecule has 32 heavy (non-hydrogen) atoms. The van der Waals surface area contributed by atoms with Crippen LogP contribution < -0.4 is 14.9 Å². The highest BCUT2D eigenvalue weighted by Crippen LogP contribution is 2.27. The zero-order valence-electron chi connectivity index (χ0n) is 19.4. The summed E-state index contributed by atoms with van der Waals surface area (Å²) in [5.41, 5.74) is 1.25. The van der Waals surface area contributed by atoms with Crippen molar-refractivity contribution in [3.63, 3.8) is 0 Å². The third-order valence-corrected chi connectivity index (χ3v) is 4.87. The van der Waals surface area contributed by atoms with Crippen LogP contribution in [0.5, 0.6) is 17.2 Å². The van der Waals surface area contributed by atoms with E-state index in [1.807, 2.05) is 38.1 Å². The SMILES string of the molecule is CC(C)COC(=O)C(C)Oc1ccc2c(=O)c(Oc3ccc(C(C)(C)C)cc3)coc2c1. The maximum absolute atomic E-state index is 12.8. The number of carbonyl (C=O) groups is 1. The van der Waals surface area contributed by atoms with E-state index in [2.05, 4.69) is 20.8 Å². The molecular formula is C26H30O6. The van der Waals surface area contributed by atoms with Crippen molar-refractivity contribution < 1.29 is 23.4 Å². The van der Waals surface area contributed by atoms with Crippen LogP contribution in [0.2, 0.25) is 0 Å². The quantitative estimate of drug-likeness (QED) is 0.431. The first-order chi connectivity index (χ1) is 15.0. The van der Waals surface area contributed by atoms with E-state index >= 15 is 0 Å². The minimum atomic E-state index is -0.781. The normalized spacial score (nSPS) is 12.6. The summed E-state index contributed by atoms with van der Waals surface area (Å²) in [6.45, 7) is 12.3. The molecule has 6 nitrogen and oxygen atoms in total. The molecule has 0 radical (unpaired) electrons. The molecule has 0 bridgehead atoms. The second-order valence-corrected chi connectivity index (χ2v) is 9.25. The molecule has 0 aliphatic rings. The fourth-order valence-electron chi connectivity index (χ4n) is 3.00. The Labute approximate surface area is 188 Å². The maximum Gasteiger partial charge on any atom is 0.347 e. The summed E-state index contributed by atoms with van der Waals surface area (Å²) in [4.78, 5) is 24.9. The smallest absolute Gasteiger partial charge is 0.347 e. The van der Waals surface area contributed by atoms with Gasteiger partial charge in [-0.1, -0.05) is 46.8 Å². The van der Waals surface area contributed by atoms with Crippen LogP contribution in [0.15, 0.2) is 57.9 Å². The number of hydrogen-bond donors (Lipinski definition) is 0. The Kier molecular flexibility index (Phi) is 6.92. The van der Waals surface area contributed by atoms with Gasteiger partial charge >= 0.3 is 5.97 Å². The Morgan fingerprint density at radius 2 is 1.66 bits per heavy atom. The van der Waals surface area contributed by atoms with Gasteiger partial charge in [-0.05, 0) is 48.1 Å². The fraction of sp³-hybridized carbons (Fsp3) is 0.385. The lowest BCUT2D eigenvalue weighted by Crippen LogP contribution is -2.27. The lowest BCUT2D eigenvalue weighted by Gasteiger charge is -2.19. The number of ether oxygens (including phenoxy) is 3. The number of hydrogen-bond acceptors (Lipinski definition) is 6. The topological polar surface area (TPSA) is 75.0 Å². The number of carbonyl (C=O) groups excluding carboxylic acids is 1. The van der Waals surface area contributed by atoms with Gasteiger partial charge in [-0.3, -0.25) is 4.79 Å². The van der Waals surface area contributed by atoms with E-state index < -0.39 is 12.1 Å². The molecule has 1 atom stereocenters. The second kappa shape index (κ2) is 9.47. The van der Waals surface area contributed by atoms with Crippen molar-refractivity contribution in [1.29, 1.82) is 0 Å². The Hall–Kier alpha value is -3.28. The van der Waals surface area contributed by atoms with Gasteiger partial charge in [-0.2, -0.15) is 0 Å². The fourth-order valence-corrected chi connectivity index (χ4v) is 3.00. The van der Waals surface area contributed by atoms with Gasteiger partial charge in [0.25, 0.3) is 0 Å². The molecule has 0 amide bonds. The lowest BCUT2D eigenvalue weighted by molar-refractivity contribution is -0.152. The molecule has 3 aromatic rings. The van der Waals surface area contributed by atoms with Crippen LogP contribution in [0.25, 0.3) is 11.0 Å². The summed E-state index contributed by atoms with van der Waals surface area (Å²) in [6.07, 6.45) is 0.503. The van der Waals surface area contributed by atoms with Crippen molar-refractivity contribution in [3.05, 3.63) is 64.5 Å². The van der Waals surface area contributed by atoms with Gasteiger partial charge in [-0.25, -0.2) is 4.79 Å². The predicted molar refractivity (Wildman–Crippen MR) is 124 cm³/mol. The Bertz CT molecular complexity index is 1140. The van der Waals surface area contributed by atoms with Crippen LogP contribution in [0.1, 0.15) is 47.1 Å². The summed E-state index contributed by atoms with van der Waals surface area (Å²) in [5.74, 6) is 0.857. The monoisotopic (exact) mass is 438 g/mol. The maximum atomic E-state index is 12.8. The number of rotatable bonds is 7. The molecule has 0 aliphatic heterocycles. The minimum absolute atomic E-state index is 0.0307. The molecule has 0 N–H and O–H groups in total. The van der Waals surface area contributed by atoms with E-state index in [4.69, 9.17) is 18.6 Å². The first kappa shape index (κ1) is 23.4. The third-order valence-electron chi connectivity index (χ3n) is 4.87. The number of esters is 1. The standard InChI is InChI=1S/C26H30O6/c1-16(2)14-30-25(28)17(3)31-20-11-12-21-22(13-20)29-15-23(24(21)27)32-19-9-7-18(8-10-19)26(4,5)6/h7-13,15-17H,14H2,1-6H3. The molecule has 0 aliphatic carbocycles. The zero-order valence-corrected chi connectivity index (χ0v) is 19.4. The molecule has 1 aromatic heterocycles. The number of fused-ring (bicyclic) bond motifs is 1. The van der Waals surface area contributed by atoms with Crippen LogP contribution >= 0.6 is 0 Å². The molecule has 3 rings (SSSR count). The zero-order chi connectivity index (χ0) is 23.5. The average Bonchev–Trinajstić information content (AvgIpc) is 2.73. The summed E-state index contributed by atoms with van der Waals surface area (Å²) < 4.78 is 22.2. The van der Waals surface area contributed by atoms with Gasteiger partial charge in [0.15, 0.2) is 6.10 Å². The third kappa shape index (κ3) is 5.69. The van der Waals surface area contributed by atoms with Gasteiger partial charge in [0.1, 0.15) is 23.3 Å². The molecule has 1 unspecified atom stereocenters. The Morgan fingerprint density at radius 1 is 1.00 bits per heavy atom. The van der Waals surface area contributed by atoms with Crippen molar-refractivity contribution in [2.75, 3.05) is 6.61 Å². The molecule has 2 aromatic carbocycles. The minimum Gasteiger partial charge on any atom is -0.479 e. The molecule has 0 saturated heterocycles. The van der Waals surface area contributed by atoms with E-state index in [-0.39, 0.29) is 22.5 Å². The van der Waals surface area contributed by atoms with Crippen molar-refractivity contribution in [2.24, 2.45) is 5.92 Å². The summed E-state index contributed by atoms with van der Waals surface area (Å²) in [5, 5.41) is 0.358. The van der Waals surface area contributed by atoms with Crippen LogP contribution in [-0.4, -0.2) is 18.7 Å². The Balaban J connectivity index is 1.75. The molecule has 6 heteroatoms. The predicted octanol–water partition coefficient (Wildman–Crippen LogP) is 5.85. The molecule has 0 spiro atoms. The van der Waals surface area contributed by atoms with Crippen molar-refractivity contribution in [3.8, 4) is 17.2 Å². The van der Waals surface area contributed by atoms with E-state index in [9.17, 15) is 9.59 Å². The van der Waals surface area contributed by atoms with Crippen LogP contribution in [0.4, 0.5) is 0 Å². The lowest BCUT2D eigenvalue weighted by atomic mass is 9.87.